The number of furan rings is 1. The number of ketones is 1. The number of esters is 1. The molecule has 4 rings (SSSR count). The number of Topliss-reactive ketones (excluding diaryl/α,β-unsaturated/α-hetero) is 1. The first-order valence-electron chi connectivity index (χ1n) is 10.8. The summed E-state index contributed by atoms with van der Waals surface area (Å²) in [5.74, 6) is -0.633. The quantitative estimate of drug-likeness (QED) is 0.410. The van der Waals surface area contributed by atoms with Crippen LogP contribution < -0.4 is 0 Å². The fourth-order valence-corrected chi connectivity index (χ4v) is 4.26. The molecule has 1 atom stereocenters. The van der Waals surface area contributed by atoms with Crippen LogP contribution in [-0.4, -0.2) is 35.6 Å². The molecule has 1 saturated heterocycles. The first kappa shape index (κ1) is 21.4. The maximum Gasteiger partial charge on any atom is 0.310 e. The van der Waals surface area contributed by atoms with E-state index in [0.717, 1.165) is 65.0 Å². The summed E-state index contributed by atoms with van der Waals surface area (Å²) >= 11 is 0. The Bertz CT molecular complexity index is 1130. The predicted octanol–water partition coefficient (Wildman–Crippen LogP) is 4.62. The van der Waals surface area contributed by atoms with Crippen LogP contribution in [0.3, 0.4) is 0 Å². The lowest BCUT2D eigenvalue weighted by Gasteiger charge is -2.14. The van der Waals surface area contributed by atoms with Crippen molar-refractivity contribution in [3.8, 4) is 0 Å². The van der Waals surface area contributed by atoms with E-state index < -0.39 is 5.97 Å². The zero-order chi connectivity index (χ0) is 22.1. The van der Waals surface area contributed by atoms with Crippen molar-refractivity contribution in [1.29, 1.82) is 0 Å². The Hall–Kier alpha value is -2.86. The molecule has 1 aliphatic heterocycles. The molecule has 1 aromatic carbocycles. The topological polar surface area (TPSA) is 70.7 Å². The molecule has 2 aromatic heterocycles. The number of carbonyl (C=O) groups is 2. The van der Waals surface area contributed by atoms with Crippen molar-refractivity contribution in [2.24, 2.45) is 0 Å². The molecule has 3 heterocycles. The summed E-state index contributed by atoms with van der Waals surface area (Å²) < 4.78 is 18.7. The molecular weight excluding hydrogens is 394 g/mol. The van der Waals surface area contributed by atoms with Crippen LogP contribution >= 0.6 is 0 Å². The van der Waals surface area contributed by atoms with Gasteiger partial charge in [0, 0.05) is 41.1 Å². The fourth-order valence-electron chi connectivity index (χ4n) is 4.26. The van der Waals surface area contributed by atoms with Crippen LogP contribution in [-0.2, 0) is 27.2 Å². The first-order chi connectivity index (χ1) is 14.8. The van der Waals surface area contributed by atoms with Gasteiger partial charge in [-0.25, -0.2) is 0 Å². The number of carbonyl (C=O) groups excluding carboxylic acids is 2. The Kier molecular flexibility index (Phi) is 6.01. The molecule has 0 radical (unpaired) electrons. The van der Waals surface area contributed by atoms with Gasteiger partial charge in [-0.3, -0.25) is 9.59 Å². The van der Waals surface area contributed by atoms with Gasteiger partial charge >= 0.3 is 5.97 Å². The Morgan fingerprint density at radius 1 is 1.13 bits per heavy atom. The Morgan fingerprint density at radius 3 is 2.65 bits per heavy atom. The van der Waals surface area contributed by atoms with E-state index >= 15 is 0 Å². The second-order valence-corrected chi connectivity index (χ2v) is 8.48. The van der Waals surface area contributed by atoms with Crippen molar-refractivity contribution in [1.82, 2.24) is 4.57 Å². The van der Waals surface area contributed by atoms with Crippen molar-refractivity contribution in [3.05, 3.63) is 58.1 Å². The van der Waals surface area contributed by atoms with Crippen molar-refractivity contribution in [3.63, 3.8) is 0 Å². The average molecular weight is 424 g/mol. The minimum absolute atomic E-state index is 0.0703. The van der Waals surface area contributed by atoms with E-state index in [1.165, 1.54) is 0 Å². The van der Waals surface area contributed by atoms with Gasteiger partial charge in [0.1, 0.15) is 5.58 Å². The molecule has 6 nitrogen and oxygen atoms in total. The molecule has 0 saturated carbocycles. The Balaban J connectivity index is 1.39. The second-order valence-electron chi connectivity index (χ2n) is 8.48. The molecule has 0 unspecified atom stereocenters. The highest BCUT2D eigenvalue weighted by atomic mass is 16.5. The number of aryl methyl sites for hydroxylation is 3. The summed E-state index contributed by atoms with van der Waals surface area (Å²) in [5, 5.41) is 0.907. The lowest BCUT2D eigenvalue weighted by molar-refractivity contribution is -0.141. The number of nitrogens with zero attached hydrogens (tertiary/aromatic N) is 1. The van der Waals surface area contributed by atoms with Gasteiger partial charge in [-0.2, -0.15) is 0 Å². The van der Waals surface area contributed by atoms with Gasteiger partial charge in [-0.1, -0.05) is 0 Å². The highest BCUT2D eigenvalue weighted by Gasteiger charge is 2.22. The van der Waals surface area contributed by atoms with Gasteiger partial charge in [-0.05, 0) is 69.9 Å². The monoisotopic (exact) mass is 423 g/mol. The molecular formula is C25H29NO5. The van der Waals surface area contributed by atoms with E-state index in [2.05, 4.69) is 4.57 Å². The number of benzene rings is 1. The third-order valence-corrected chi connectivity index (χ3v) is 6.25. The fraction of sp³-hybridized carbons (Fsp3) is 0.440. The summed E-state index contributed by atoms with van der Waals surface area (Å²) in [5.41, 5.74) is 6.30. The second kappa shape index (κ2) is 8.71. The third-order valence-electron chi connectivity index (χ3n) is 6.25. The SMILES string of the molecule is Cc1cc2occ(CC(=O)OCC(=O)c3cc(C)n(C[C@H]4CCCO4)c3C)c2cc1C. The molecule has 0 aliphatic carbocycles. The van der Waals surface area contributed by atoms with Gasteiger partial charge < -0.3 is 18.5 Å². The van der Waals surface area contributed by atoms with E-state index in [0.29, 0.717) is 5.56 Å². The van der Waals surface area contributed by atoms with Gasteiger partial charge in [0.2, 0.25) is 5.78 Å². The normalized spacial score (nSPS) is 16.2. The zero-order valence-corrected chi connectivity index (χ0v) is 18.6. The van der Waals surface area contributed by atoms with Crippen LogP contribution in [0, 0.1) is 27.7 Å². The molecule has 0 amide bonds. The molecule has 0 bridgehead atoms. The van der Waals surface area contributed by atoms with Gasteiger partial charge in [0.25, 0.3) is 0 Å². The predicted molar refractivity (Wildman–Crippen MR) is 118 cm³/mol. The van der Waals surface area contributed by atoms with E-state index in [1.807, 2.05) is 45.9 Å². The highest BCUT2D eigenvalue weighted by molar-refractivity contribution is 5.99. The van der Waals surface area contributed by atoms with Crippen LogP contribution in [0.25, 0.3) is 11.0 Å². The maximum absolute atomic E-state index is 12.7. The lowest BCUT2D eigenvalue weighted by atomic mass is 10.0. The Labute approximate surface area is 182 Å². The molecule has 164 valence electrons. The third kappa shape index (κ3) is 4.44. The van der Waals surface area contributed by atoms with Crippen molar-refractivity contribution < 1.29 is 23.5 Å². The summed E-state index contributed by atoms with van der Waals surface area (Å²) in [6, 6.07) is 5.86. The first-order valence-corrected chi connectivity index (χ1v) is 10.8. The van der Waals surface area contributed by atoms with Crippen molar-refractivity contribution in [2.75, 3.05) is 13.2 Å². The number of hydrogen-bond acceptors (Lipinski definition) is 5. The molecule has 1 aliphatic rings. The number of fused-ring (bicyclic) bond motifs is 1. The van der Waals surface area contributed by atoms with Crippen LogP contribution in [0.1, 0.15) is 51.3 Å². The van der Waals surface area contributed by atoms with Gasteiger partial charge in [0.05, 0.1) is 18.8 Å². The molecule has 0 spiro atoms. The van der Waals surface area contributed by atoms with Gasteiger partial charge in [0.15, 0.2) is 6.61 Å². The molecule has 0 N–H and O–H groups in total. The number of ether oxygens (including phenoxy) is 2. The molecule has 1 fully saturated rings. The largest absolute Gasteiger partial charge is 0.464 e. The zero-order valence-electron chi connectivity index (χ0n) is 18.6. The minimum Gasteiger partial charge on any atom is -0.464 e. The summed E-state index contributed by atoms with van der Waals surface area (Å²) in [6.07, 6.45) is 3.98. The van der Waals surface area contributed by atoms with Crippen molar-refractivity contribution in [2.45, 2.75) is 59.6 Å². The van der Waals surface area contributed by atoms with E-state index in [-0.39, 0.29) is 24.9 Å². The van der Waals surface area contributed by atoms with Crippen LogP contribution in [0.5, 0.6) is 0 Å². The van der Waals surface area contributed by atoms with E-state index in [1.54, 1.807) is 6.26 Å². The number of aromatic nitrogens is 1. The Morgan fingerprint density at radius 2 is 1.90 bits per heavy atom. The van der Waals surface area contributed by atoms with Crippen LogP contribution in [0.15, 0.2) is 28.9 Å². The number of rotatable bonds is 7. The van der Waals surface area contributed by atoms with Crippen LogP contribution in [0.4, 0.5) is 0 Å². The molecule has 31 heavy (non-hydrogen) atoms. The number of hydrogen-bond donors (Lipinski definition) is 0. The van der Waals surface area contributed by atoms with E-state index in [4.69, 9.17) is 13.9 Å². The van der Waals surface area contributed by atoms with Crippen molar-refractivity contribution >= 4 is 22.7 Å². The summed E-state index contributed by atoms with van der Waals surface area (Å²) in [6.45, 7) is 9.24. The maximum atomic E-state index is 12.7. The van der Waals surface area contributed by atoms with Crippen LogP contribution in [0.2, 0.25) is 0 Å². The highest BCUT2D eigenvalue weighted by Crippen LogP contribution is 2.25. The molecule has 6 heteroatoms. The van der Waals surface area contributed by atoms with E-state index in [9.17, 15) is 9.59 Å². The van der Waals surface area contributed by atoms with Gasteiger partial charge in [-0.15, -0.1) is 0 Å². The summed E-state index contributed by atoms with van der Waals surface area (Å²) in [4.78, 5) is 25.1. The standard InChI is InChI=1S/C25H29NO5/c1-15-8-22-19(13-30-24(22)9-16(15)2)11-25(28)31-14-23(27)21-10-17(3)26(18(21)4)12-20-6-5-7-29-20/h8-10,13,20H,5-7,11-12,14H2,1-4H3/t20-/m1/s1. The minimum atomic E-state index is -0.442. The average Bonchev–Trinajstić information content (AvgIpc) is 3.44. The summed E-state index contributed by atoms with van der Waals surface area (Å²) in [7, 11) is 0. The lowest BCUT2D eigenvalue weighted by Crippen LogP contribution is -2.18. The smallest absolute Gasteiger partial charge is 0.310 e. The molecule has 3 aromatic rings.